The molecule has 4 aliphatic heterocycles. The van der Waals surface area contributed by atoms with Crippen LogP contribution in [0.5, 0.6) is 0 Å². The molecule has 5 N–H and O–H groups in total. The van der Waals surface area contributed by atoms with Gasteiger partial charge in [-0.05, 0) is 26.7 Å². The molecule has 11 nitrogen and oxygen atoms in total. The van der Waals surface area contributed by atoms with Crippen molar-refractivity contribution < 1.29 is 24.6 Å². The third-order valence-electron chi connectivity index (χ3n) is 7.22. The molecular formula is C22H32N6O5S. The van der Waals surface area contributed by atoms with Gasteiger partial charge in [-0.2, -0.15) is 0 Å². The van der Waals surface area contributed by atoms with Crippen molar-refractivity contribution in [3.05, 3.63) is 10.6 Å². The van der Waals surface area contributed by atoms with Crippen LogP contribution in [-0.2, 0) is 14.4 Å². The van der Waals surface area contributed by atoms with Gasteiger partial charge >= 0.3 is 5.97 Å². The standard InChI is InChI=1S/C22H32N6O5S/c1-10-17-16(11(2)29)21(31)28(17)18(22(32)33)19(10)34-14-6-15(27(8-14)9-23)20(30)26-5-4-13(7-26)25-12(3)24/h9-11,13-17,23,29H,4-8H2,1-3H3,(H2,24,25)(H,32,33)/t10-,11-,13+,14+,15+,16-,17-/m1/s1. The number of nitrogens with zero attached hydrogens (tertiary/aromatic N) is 4. The highest BCUT2D eigenvalue weighted by atomic mass is 32.2. The molecule has 0 spiro atoms. The van der Waals surface area contributed by atoms with Crippen molar-refractivity contribution in [2.45, 2.75) is 63.1 Å². The van der Waals surface area contributed by atoms with E-state index in [1.54, 1.807) is 23.6 Å². The summed E-state index contributed by atoms with van der Waals surface area (Å²) in [6.45, 7) is 6.68. The van der Waals surface area contributed by atoms with Crippen molar-refractivity contribution in [3.63, 3.8) is 0 Å². The highest BCUT2D eigenvalue weighted by Crippen LogP contribution is 2.52. The second-order valence-electron chi connectivity index (χ2n) is 9.59. The van der Waals surface area contributed by atoms with E-state index < -0.39 is 24.0 Å². The Morgan fingerprint density at radius 3 is 2.65 bits per heavy atom. The fourth-order valence-corrected chi connectivity index (χ4v) is 7.23. The number of carbonyl (C=O) groups is 3. The largest absolute Gasteiger partial charge is 0.477 e. The van der Waals surface area contributed by atoms with E-state index in [2.05, 4.69) is 4.99 Å². The van der Waals surface area contributed by atoms with E-state index in [1.807, 2.05) is 6.92 Å². The van der Waals surface area contributed by atoms with Crippen LogP contribution in [0.2, 0.25) is 0 Å². The van der Waals surface area contributed by atoms with Gasteiger partial charge < -0.3 is 30.6 Å². The van der Waals surface area contributed by atoms with E-state index in [1.165, 1.54) is 23.0 Å². The fraction of sp³-hybridized carbons (Fsp3) is 0.682. The van der Waals surface area contributed by atoms with Crippen molar-refractivity contribution in [1.29, 1.82) is 5.41 Å². The van der Waals surface area contributed by atoms with Gasteiger partial charge in [0, 0.05) is 35.7 Å². The Labute approximate surface area is 202 Å². The number of amidine groups is 1. The minimum atomic E-state index is -1.16. The van der Waals surface area contributed by atoms with Gasteiger partial charge in [0.2, 0.25) is 11.8 Å². The van der Waals surface area contributed by atoms with Gasteiger partial charge in [0.15, 0.2) is 0 Å². The summed E-state index contributed by atoms with van der Waals surface area (Å²) in [4.78, 5) is 47.6. The van der Waals surface area contributed by atoms with Crippen LogP contribution in [0.25, 0.3) is 0 Å². The molecule has 4 rings (SSSR count). The van der Waals surface area contributed by atoms with E-state index >= 15 is 0 Å². The maximum absolute atomic E-state index is 13.2. The topological polar surface area (TPSA) is 164 Å². The molecule has 4 aliphatic rings. The third kappa shape index (κ3) is 4.06. The lowest BCUT2D eigenvalue weighted by molar-refractivity contribution is -0.163. The number of amides is 2. The predicted molar refractivity (Wildman–Crippen MR) is 127 cm³/mol. The second kappa shape index (κ2) is 9.21. The number of hydrogen-bond acceptors (Lipinski definition) is 7. The van der Waals surface area contributed by atoms with E-state index in [0.717, 1.165) is 6.42 Å². The normalized spacial score (nSPS) is 34.4. The summed E-state index contributed by atoms with van der Waals surface area (Å²) in [6, 6.07) is -0.876. The molecular weight excluding hydrogens is 460 g/mol. The Hall–Kier alpha value is -2.60. The summed E-state index contributed by atoms with van der Waals surface area (Å²) in [7, 11) is 0. The van der Waals surface area contributed by atoms with Crippen LogP contribution < -0.4 is 5.73 Å². The number of β-lactam (4-membered cyclic amide) rings is 1. The van der Waals surface area contributed by atoms with Gasteiger partial charge in [0.25, 0.3) is 0 Å². The predicted octanol–water partition coefficient (Wildman–Crippen LogP) is -0.0987. The number of rotatable bonds is 7. The van der Waals surface area contributed by atoms with Gasteiger partial charge in [-0.1, -0.05) is 6.92 Å². The molecule has 4 heterocycles. The molecule has 0 radical (unpaired) electrons. The number of carboxylic acid groups (broad SMARTS) is 1. The number of nitrogens with one attached hydrogen (secondary N) is 1. The number of aliphatic imine (C=N–C) groups is 1. The number of hydrogen-bond donors (Lipinski definition) is 4. The molecule has 3 fully saturated rings. The molecule has 3 saturated heterocycles. The van der Waals surface area contributed by atoms with Crippen molar-refractivity contribution >= 4 is 41.7 Å². The van der Waals surface area contributed by atoms with Gasteiger partial charge in [-0.3, -0.25) is 20.0 Å². The zero-order valence-corrected chi connectivity index (χ0v) is 20.4. The lowest BCUT2D eigenvalue weighted by Gasteiger charge is -2.46. The summed E-state index contributed by atoms with van der Waals surface area (Å²) in [5.41, 5.74) is 5.66. The lowest BCUT2D eigenvalue weighted by Crippen LogP contribution is -2.63. The number of carbonyl (C=O) groups excluding carboxylic acids is 2. The summed E-state index contributed by atoms with van der Waals surface area (Å²) < 4.78 is 0. The van der Waals surface area contributed by atoms with Crippen molar-refractivity contribution in [2.24, 2.45) is 22.6 Å². The SMILES string of the molecule is CC(N)=N[C@H]1CCN(C(=O)[C@@H]2C[C@H](SC3=C(C(=O)O)N4C(=O)[C@H]([C@@H](C)O)[C@H]4[C@H]3C)CN2C=N)C1. The molecule has 34 heavy (non-hydrogen) atoms. The van der Waals surface area contributed by atoms with Gasteiger partial charge in [-0.25, -0.2) is 4.79 Å². The zero-order chi connectivity index (χ0) is 24.9. The molecule has 7 atom stereocenters. The first-order chi connectivity index (χ1) is 16.0. The van der Waals surface area contributed by atoms with E-state index in [-0.39, 0.29) is 40.8 Å². The Morgan fingerprint density at radius 2 is 2.06 bits per heavy atom. The van der Waals surface area contributed by atoms with Crippen LogP contribution in [-0.4, -0.2) is 104 Å². The average Bonchev–Trinajstić information content (AvgIpc) is 3.43. The van der Waals surface area contributed by atoms with Gasteiger partial charge in [0.05, 0.1) is 36.3 Å². The Kier molecular flexibility index (Phi) is 6.65. The molecule has 0 bridgehead atoms. The molecule has 0 aliphatic carbocycles. The first-order valence-corrected chi connectivity index (χ1v) is 12.4. The molecule has 0 saturated carbocycles. The van der Waals surface area contributed by atoms with E-state index in [0.29, 0.717) is 36.8 Å². The van der Waals surface area contributed by atoms with Crippen LogP contribution in [0.15, 0.2) is 15.6 Å². The summed E-state index contributed by atoms with van der Waals surface area (Å²) in [5.74, 6) is -1.93. The van der Waals surface area contributed by atoms with Crippen LogP contribution in [0, 0.1) is 17.2 Å². The smallest absolute Gasteiger partial charge is 0.353 e. The Morgan fingerprint density at radius 1 is 1.35 bits per heavy atom. The van der Waals surface area contributed by atoms with E-state index in [9.17, 15) is 24.6 Å². The number of aliphatic carboxylic acids is 1. The third-order valence-corrected chi connectivity index (χ3v) is 8.71. The van der Waals surface area contributed by atoms with Gasteiger partial charge in [-0.15, -0.1) is 11.8 Å². The highest BCUT2D eigenvalue weighted by Gasteiger charge is 2.60. The molecule has 12 heteroatoms. The summed E-state index contributed by atoms with van der Waals surface area (Å²) in [6.07, 6.45) is 1.54. The Balaban J connectivity index is 1.48. The van der Waals surface area contributed by atoms with E-state index in [4.69, 9.17) is 11.1 Å². The van der Waals surface area contributed by atoms with Gasteiger partial charge in [0.1, 0.15) is 11.7 Å². The average molecular weight is 493 g/mol. The van der Waals surface area contributed by atoms with Crippen LogP contribution in [0.1, 0.15) is 33.6 Å². The summed E-state index contributed by atoms with van der Waals surface area (Å²) >= 11 is 1.38. The van der Waals surface area contributed by atoms with Crippen molar-refractivity contribution in [1.82, 2.24) is 14.7 Å². The maximum atomic E-state index is 13.2. The quantitative estimate of drug-likeness (QED) is 0.217. The van der Waals surface area contributed by atoms with Crippen LogP contribution >= 0.6 is 11.8 Å². The molecule has 0 aromatic heterocycles. The molecule has 2 amide bonds. The maximum Gasteiger partial charge on any atom is 0.353 e. The molecule has 0 aromatic carbocycles. The number of carboxylic acids is 1. The zero-order valence-electron chi connectivity index (χ0n) is 19.5. The minimum Gasteiger partial charge on any atom is -0.477 e. The van der Waals surface area contributed by atoms with Crippen molar-refractivity contribution in [2.75, 3.05) is 19.6 Å². The second-order valence-corrected chi connectivity index (χ2v) is 10.9. The van der Waals surface area contributed by atoms with Crippen LogP contribution in [0.4, 0.5) is 0 Å². The number of fused-ring (bicyclic) bond motifs is 1. The monoisotopic (exact) mass is 492 g/mol. The first-order valence-electron chi connectivity index (χ1n) is 11.5. The van der Waals surface area contributed by atoms with Crippen molar-refractivity contribution in [3.8, 4) is 0 Å². The number of nitrogens with two attached hydrogens (primary N) is 1. The number of thioether (sulfide) groups is 1. The number of aliphatic hydroxyl groups is 1. The Bertz CT molecular complexity index is 963. The van der Waals surface area contributed by atoms with Crippen LogP contribution in [0.3, 0.4) is 0 Å². The minimum absolute atomic E-state index is 0.0134. The summed E-state index contributed by atoms with van der Waals surface area (Å²) in [5, 5.41) is 27.6. The highest BCUT2D eigenvalue weighted by molar-refractivity contribution is 8.03. The fourth-order valence-electron chi connectivity index (χ4n) is 5.70. The number of aliphatic hydroxyl groups excluding tert-OH is 1. The number of likely N-dealkylation sites (tertiary alicyclic amines) is 2. The molecule has 0 unspecified atom stereocenters. The first kappa shape index (κ1) is 24.5. The molecule has 186 valence electrons. The molecule has 0 aromatic rings. The lowest BCUT2D eigenvalue weighted by atomic mass is 9.79.